The lowest BCUT2D eigenvalue weighted by Crippen LogP contribution is -2.61. The summed E-state index contributed by atoms with van der Waals surface area (Å²) in [6.07, 6.45) is 0. The Morgan fingerprint density at radius 3 is 1.39 bits per heavy atom. The fourth-order valence-electron chi connectivity index (χ4n) is 11.1. The largest absolute Gasteiger partial charge is 0.486 e. The van der Waals surface area contributed by atoms with Crippen molar-refractivity contribution in [2.45, 2.75) is 112 Å². The molecule has 8 aromatic carbocycles. The van der Waals surface area contributed by atoms with Gasteiger partial charge >= 0.3 is 0 Å². The van der Waals surface area contributed by atoms with E-state index in [2.05, 4.69) is 258 Å². The van der Waals surface area contributed by atoms with Crippen LogP contribution in [0.3, 0.4) is 0 Å². The maximum absolute atomic E-state index is 6.49. The molecular weight excluding hydrogens is 876 g/mol. The highest BCUT2D eigenvalue weighted by atomic mass is 16.6. The summed E-state index contributed by atoms with van der Waals surface area (Å²) in [5.41, 5.74) is 24.2. The van der Waals surface area contributed by atoms with Crippen molar-refractivity contribution in [3.63, 3.8) is 0 Å². The van der Waals surface area contributed by atoms with Gasteiger partial charge in [-0.1, -0.05) is 180 Å². The molecule has 0 spiro atoms. The van der Waals surface area contributed by atoms with E-state index in [-0.39, 0.29) is 28.4 Å². The van der Waals surface area contributed by atoms with Crippen LogP contribution in [0.4, 0.5) is 34.1 Å². The van der Waals surface area contributed by atoms with Crippen molar-refractivity contribution in [3.05, 3.63) is 186 Å². The Morgan fingerprint density at radius 1 is 0.375 bits per heavy atom. The van der Waals surface area contributed by atoms with Crippen molar-refractivity contribution >= 4 is 57.2 Å². The van der Waals surface area contributed by atoms with Gasteiger partial charge in [-0.05, 0) is 155 Å². The van der Waals surface area contributed by atoms with E-state index >= 15 is 0 Å². The van der Waals surface area contributed by atoms with Gasteiger partial charge in [-0.3, -0.25) is 0 Å². The minimum absolute atomic E-state index is 0.0476. The van der Waals surface area contributed by atoms with E-state index in [4.69, 9.17) is 9.47 Å². The van der Waals surface area contributed by atoms with E-state index in [0.717, 1.165) is 28.6 Å². The third kappa shape index (κ3) is 8.39. The smallest absolute Gasteiger partial charge is 0.252 e. The number of ether oxygens (including phenoxy) is 2. The second-order valence-corrected chi connectivity index (χ2v) is 24.7. The molecule has 0 radical (unpaired) electrons. The number of rotatable bonds is 5. The van der Waals surface area contributed by atoms with Gasteiger partial charge in [0.15, 0.2) is 11.5 Å². The Morgan fingerprint density at radius 2 is 0.847 bits per heavy atom. The first-order valence-electron chi connectivity index (χ1n) is 26.0. The summed E-state index contributed by atoms with van der Waals surface area (Å²) >= 11 is 0. The van der Waals surface area contributed by atoms with Crippen molar-refractivity contribution in [2.75, 3.05) is 23.0 Å². The van der Waals surface area contributed by atoms with E-state index in [9.17, 15) is 0 Å². The normalized spacial score (nSPS) is 14.2. The van der Waals surface area contributed by atoms with E-state index < -0.39 is 0 Å². The second-order valence-electron chi connectivity index (χ2n) is 24.7. The molecule has 5 heteroatoms. The fourth-order valence-corrected chi connectivity index (χ4v) is 11.1. The summed E-state index contributed by atoms with van der Waals surface area (Å²) in [6.45, 7) is 30.8. The Labute approximate surface area is 429 Å². The molecule has 11 rings (SSSR count). The molecule has 4 nitrogen and oxygen atoms in total. The minimum atomic E-state index is -0.0993. The Hall–Kier alpha value is -6.98. The molecule has 0 bridgehead atoms. The molecule has 0 N–H and O–H groups in total. The SMILES string of the molecule is Cc1cc2c3c(c1)N(c1ccc(C(C)(C)C)cc1-c1ccccc1)c1cc4c(cc1B3c1cc(C(C)(C)C)ccc1N2c1cc(-c2ccc(C(C)(C)C)cc2)cc(-c2ccc(C(C)(C)C)cc2)c1)OCCO4. The van der Waals surface area contributed by atoms with Crippen molar-refractivity contribution in [3.8, 4) is 44.9 Å². The van der Waals surface area contributed by atoms with Gasteiger partial charge in [0.1, 0.15) is 13.2 Å². The van der Waals surface area contributed by atoms with Crippen LogP contribution in [0.25, 0.3) is 33.4 Å². The fraction of sp³-hybridized carbons (Fsp3) is 0.284. The van der Waals surface area contributed by atoms with Crippen LogP contribution in [0, 0.1) is 6.92 Å². The van der Waals surface area contributed by atoms with Gasteiger partial charge in [-0.2, -0.15) is 0 Å². The predicted octanol–water partition coefficient (Wildman–Crippen LogP) is 16.0. The predicted molar refractivity (Wildman–Crippen MR) is 307 cm³/mol. The summed E-state index contributed by atoms with van der Waals surface area (Å²) in [7, 11) is 0. The van der Waals surface area contributed by atoms with Crippen LogP contribution in [-0.2, 0) is 21.7 Å². The summed E-state index contributed by atoms with van der Waals surface area (Å²) < 4.78 is 12.9. The molecule has 362 valence electrons. The highest BCUT2D eigenvalue weighted by Crippen LogP contribution is 2.50. The Balaban J connectivity index is 1.22. The van der Waals surface area contributed by atoms with E-state index in [1.165, 1.54) is 94.6 Å². The molecule has 8 aromatic rings. The van der Waals surface area contributed by atoms with Crippen LogP contribution >= 0.6 is 0 Å². The molecular formula is C67H69BN2O2. The Bertz CT molecular complexity index is 3320. The first-order valence-corrected chi connectivity index (χ1v) is 26.0. The molecule has 0 saturated carbocycles. The zero-order valence-electron chi connectivity index (χ0n) is 44.7. The quantitative estimate of drug-likeness (QED) is 0.161. The first-order chi connectivity index (χ1) is 34.1. The van der Waals surface area contributed by atoms with Crippen molar-refractivity contribution in [1.82, 2.24) is 0 Å². The van der Waals surface area contributed by atoms with Gasteiger partial charge < -0.3 is 19.3 Å². The second kappa shape index (κ2) is 17.1. The number of hydrogen-bond donors (Lipinski definition) is 0. The summed E-state index contributed by atoms with van der Waals surface area (Å²) in [5, 5.41) is 0. The lowest BCUT2D eigenvalue weighted by molar-refractivity contribution is 0.172. The highest BCUT2D eigenvalue weighted by Gasteiger charge is 2.45. The first kappa shape index (κ1) is 47.4. The van der Waals surface area contributed by atoms with E-state index in [0.29, 0.717) is 13.2 Å². The van der Waals surface area contributed by atoms with Gasteiger partial charge in [0.2, 0.25) is 0 Å². The van der Waals surface area contributed by atoms with Crippen molar-refractivity contribution < 1.29 is 9.47 Å². The molecule has 0 aromatic heterocycles. The molecule has 0 fully saturated rings. The Kier molecular flexibility index (Phi) is 11.2. The lowest BCUT2D eigenvalue weighted by atomic mass is 9.33. The van der Waals surface area contributed by atoms with E-state index in [1.807, 2.05) is 0 Å². The maximum atomic E-state index is 6.49. The maximum Gasteiger partial charge on any atom is 0.252 e. The number of anilines is 6. The van der Waals surface area contributed by atoms with Crippen LogP contribution in [0.2, 0.25) is 0 Å². The summed E-state index contributed by atoms with van der Waals surface area (Å²) in [5.74, 6) is 1.58. The average Bonchev–Trinajstić information content (AvgIpc) is 3.34. The molecule has 3 heterocycles. The summed E-state index contributed by atoms with van der Waals surface area (Å²) in [6, 6.07) is 60.4. The van der Waals surface area contributed by atoms with Crippen molar-refractivity contribution in [2.24, 2.45) is 0 Å². The van der Waals surface area contributed by atoms with Gasteiger partial charge in [-0.25, -0.2) is 0 Å². The molecule has 0 amide bonds. The monoisotopic (exact) mass is 945 g/mol. The molecule has 0 atom stereocenters. The standard InChI is InChI=1S/C67H69BN2O2/c1-42-33-59-63-60(34-42)70(56-29-27-50(66(8,9)10)38-53(56)45-17-15-14-16-18-45)58-41-62-61(71-31-32-72-62)40-55(58)68(63)54-39-51(67(11,12)13)28-30-57(54)69(59)52-36-46(43-19-23-48(24-20-43)64(2,3)4)35-47(37-52)44-21-25-49(26-22-44)65(5,6)7/h14-30,33-41H,31-32H2,1-13H3. The number of aryl methyl sites for hydroxylation is 1. The lowest BCUT2D eigenvalue weighted by Gasteiger charge is -2.45. The third-order valence-electron chi connectivity index (χ3n) is 15.3. The zero-order valence-corrected chi connectivity index (χ0v) is 44.7. The number of benzene rings is 8. The van der Waals surface area contributed by atoms with E-state index in [1.54, 1.807) is 0 Å². The van der Waals surface area contributed by atoms with Gasteiger partial charge in [-0.15, -0.1) is 0 Å². The molecule has 72 heavy (non-hydrogen) atoms. The van der Waals surface area contributed by atoms with Gasteiger partial charge in [0.25, 0.3) is 6.71 Å². The third-order valence-corrected chi connectivity index (χ3v) is 15.3. The van der Waals surface area contributed by atoms with Gasteiger partial charge in [0, 0.05) is 40.1 Å². The molecule has 0 unspecified atom stereocenters. The number of nitrogens with zero attached hydrogens (tertiary/aromatic N) is 2. The van der Waals surface area contributed by atoms with Gasteiger partial charge in [0.05, 0.1) is 5.69 Å². The minimum Gasteiger partial charge on any atom is -0.486 e. The molecule has 0 aliphatic carbocycles. The number of fused-ring (bicyclic) bond motifs is 5. The van der Waals surface area contributed by atoms with Crippen molar-refractivity contribution in [1.29, 1.82) is 0 Å². The van der Waals surface area contributed by atoms with Crippen LogP contribution in [0.5, 0.6) is 11.5 Å². The molecule has 3 aliphatic heterocycles. The van der Waals surface area contributed by atoms with Crippen LogP contribution in [-0.4, -0.2) is 19.9 Å². The number of hydrogen-bond acceptors (Lipinski definition) is 4. The molecule has 0 saturated heterocycles. The highest BCUT2D eigenvalue weighted by molar-refractivity contribution is 7.00. The van der Waals surface area contributed by atoms with Crippen LogP contribution in [0.1, 0.15) is 111 Å². The van der Waals surface area contributed by atoms with Crippen LogP contribution in [0.15, 0.2) is 158 Å². The summed E-state index contributed by atoms with van der Waals surface area (Å²) in [4.78, 5) is 5.11. The zero-order chi connectivity index (χ0) is 50.6. The molecule has 3 aliphatic rings. The topological polar surface area (TPSA) is 24.9 Å². The average molecular weight is 945 g/mol. The van der Waals surface area contributed by atoms with Crippen LogP contribution < -0.4 is 35.7 Å².